The molecule has 0 bridgehead atoms. The zero-order valence-electron chi connectivity index (χ0n) is 16.5. The van der Waals surface area contributed by atoms with Crippen LogP contribution in [0.1, 0.15) is 33.0 Å². The number of halogens is 1. The van der Waals surface area contributed by atoms with Crippen molar-refractivity contribution in [3.8, 4) is 11.1 Å². The maximum Gasteiger partial charge on any atom is 0.407 e. The Kier molecular flexibility index (Phi) is 6.05. The predicted octanol–water partition coefficient (Wildman–Crippen LogP) is 5.59. The van der Waals surface area contributed by atoms with Crippen LogP contribution in [0, 0.1) is 0 Å². The highest BCUT2D eigenvalue weighted by atomic mass is 35.5. The van der Waals surface area contributed by atoms with E-state index in [4.69, 9.17) is 16.3 Å². The average Bonchev–Trinajstić information content (AvgIpc) is 3.09. The molecular weight excluding hydrogens is 414 g/mol. The molecule has 0 heterocycles. The fourth-order valence-corrected chi connectivity index (χ4v) is 4.10. The summed E-state index contributed by atoms with van der Waals surface area (Å²) in [6.07, 6.45) is 2.68. The number of fused-ring (bicyclic) bond motifs is 3. The molecule has 0 saturated heterocycles. The number of rotatable bonds is 6. The van der Waals surface area contributed by atoms with Crippen molar-refractivity contribution < 1.29 is 19.4 Å². The summed E-state index contributed by atoms with van der Waals surface area (Å²) in [5.74, 6) is -1.07. The molecule has 6 heteroatoms. The van der Waals surface area contributed by atoms with Crippen LogP contribution in [0.3, 0.4) is 0 Å². The molecule has 3 aromatic rings. The molecule has 0 aliphatic heterocycles. The first-order valence-electron chi connectivity index (χ1n) is 9.83. The quantitative estimate of drug-likeness (QED) is 0.531. The summed E-state index contributed by atoms with van der Waals surface area (Å²) in [5, 5.41) is 12.3. The Morgan fingerprint density at radius 3 is 2.26 bits per heavy atom. The Bertz CT molecular complexity index is 1130. The van der Waals surface area contributed by atoms with Gasteiger partial charge in [-0.05, 0) is 34.4 Å². The van der Waals surface area contributed by atoms with E-state index in [9.17, 15) is 14.7 Å². The SMILES string of the molecule is O=C(NCC=Cc1c(Cl)cccc1C(=O)O)OCC1c2ccccc2-c2ccccc21. The number of amides is 1. The van der Waals surface area contributed by atoms with Gasteiger partial charge < -0.3 is 15.2 Å². The van der Waals surface area contributed by atoms with Gasteiger partial charge in [0.05, 0.1) is 5.56 Å². The van der Waals surface area contributed by atoms with Gasteiger partial charge in [-0.25, -0.2) is 9.59 Å². The highest BCUT2D eigenvalue weighted by Crippen LogP contribution is 2.44. The lowest BCUT2D eigenvalue weighted by Crippen LogP contribution is -2.26. The van der Waals surface area contributed by atoms with Gasteiger partial charge in [-0.2, -0.15) is 0 Å². The van der Waals surface area contributed by atoms with Crippen LogP contribution in [-0.2, 0) is 4.74 Å². The maximum absolute atomic E-state index is 12.2. The molecule has 0 saturated carbocycles. The molecule has 5 nitrogen and oxygen atoms in total. The summed E-state index contributed by atoms with van der Waals surface area (Å²) in [6.45, 7) is 0.415. The third-order valence-corrected chi connectivity index (χ3v) is 5.61. The number of benzene rings is 3. The Morgan fingerprint density at radius 1 is 0.968 bits per heavy atom. The minimum Gasteiger partial charge on any atom is -0.478 e. The number of carbonyl (C=O) groups is 2. The van der Waals surface area contributed by atoms with Crippen molar-refractivity contribution >= 4 is 29.7 Å². The minimum atomic E-state index is -1.06. The number of carboxylic acid groups (broad SMARTS) is 1. The molecule has 1 amide bonds. The first kappa shape index (κ1) is 20.7. The molecule has 2 N–H and O–H groups in total. The van der Waals surface area contributed by atoms with Crippen molar-refractivity contribution in [2.75, 3.05) is 13.2 Å². The number of aromatic carboxylic acids is 1. The standard InChI is InChI=1S/C25H20ClNO4/c26-23-13-5-11-21(24(28)29)20(23)12-6-14-27-25(30)31-15-22-18-9-3-1-7-16(18)17-8-2-4-10-19(17)22/h1-13,22H,14-15H2,(H,27,30)(H,28,29). The number of carboxylic acids is 1. The summed E-state index contributed by atoms with van der Waals surface area (Å²) in [6, 6.07) is 21.0. The summed E-state index contributed by atoms with van der Waals surface area (Å²) in [5.41, 5.74) is 5.14. The highest BCUT2D eigenvalue weighted by Gasteiger charge is 2.28. The first-order valence-corrected chi connectivity index (χ1v) is 10.2. The predicted molar refractivity (Wildman–Crippen MR) is 121 cm³/mol. The molecule has 156 valence electrons. The Hall–Kier alpha value is -3.57. The number of carbonyl (C=O) groups excluding carboxylic acids is 1. The summed E-state index contributed by atoms with van der Waals surface area (Å²) >= 11 is 6.09. The molecule has 1 aliphatic carbocycles. The van der Waals surface area contributed by atoms with Crippen molar-refractivity contribution in [2.24, 2.45) is 0 Å². The Balaban J connectivity index is 1.36. The molecule has 4 rings (SSSR count). The van der Waals surface area contributed by atoms with Gasteiger partial charge in [0.1, 0.15) is 6.61 Å². The van der Waals surface area contributed by atoms with Gasteiger partial charge in [-0.3, -0.25) is 0 Å². The summed E-state index contributed by atoms with van der Waals surface area (Å²) in [7, 11) is 0. The van der Waals surface area contributed by atoms with E-state index in [1.165, 1.54) is 17.2 Å². The van der Waals surface area contributed by atoms with Crippen molar-refractivity contribution in [1.82, 2.24) is 5.32 Å². The molecule has 1 aliphatic rings. The largest absolute Gasteiger partial charge is 0.478 e. The van der Waals surface area contributed by atoms with Gasteiger partial charge in [0.25, 0.3) is 0 Å². The van der Waals surface area contributed by atoms with Crippen molar-refractivity contribution in [2.45, 2.75) is 5.92 Å². The van der Waals surface area contributed by atoms with Crippen LogP contribution in [0.25, 0.3) is 17.2 Å². The lowest BCUT2D eigenvalue weighted by atomic mass is 9.98. The second kappa shape index (κ2) is 9.06. The van der Waals surface area contributed by atoms with Gasteiger partial charge in [0, 0.05) is 23.0 Å². The topological polar surface area (TPSA) is 75.6 Å². The van der Waals surface area contributed by atoms with E-state index in [0.29, 0.717) is 10.6 Å². The maximum atomic E-state index is 12.2. The monoisotopic (exact) mass is 433 g/mol. The van der Waals surface area contributed by atoms with E-state index >= 15 is 0 Å². The van der Waals surface area contributed by atoms with Crippen LogP contribution in [0.5, 0.6) is 0 Å². The smallest absolute Gasteiger partial charge is 0.407 e. The zero-order valence-corrected chi connectivity index (χ0v) is 17.3. The number of hydrogen-bond donors (Lipinski definition) is 2. The zero-order chi connectivity index (χ0) is 21.8. The first-order chi connectivity index (χ1) is 15.1. The van der Waals surface area contributed by atoms with Gasteiger partial charge in [-0.15, -0.1) is 0 Å². The van der Waals surface area contributed by atoms with Crippen LogP contribution in [0.2, 0.25) is 5.02 Å². The number of hydrogen-bond acceptors (Lipinski definition) is 3. The molecule has 0 unspecified atom stereocenters. The van der Waals surface area contributed by atoms with Gasteiger partial charge in [-0.1, -0.05) is 78.4 Å². The molecule has 0 fully saturated rings. The third kappa shape index (κ3) is 4.32. The van der Waals surface area contributed by atoms with Gasteiger partial charge in [0.15, 0.2) is 0 Å². The van der Waals surface area contributed by atoms with E-state index in [1.807, 2.05) is 24.3 Å². The summed E-state index contributed by atoms with van der Waals surface area (Å²) < 4.78 is 5.47. The Morgan fingerprint density at radius 2 is 1.61 bits per heavy atom. The highest BCUT2D eigenvalue weighted by molar-refractivity contribution is 6.32. The van der Waals surface area contributed by atoms with E-state index < -0.39 is 12.1 Å². The molecule has 0 spiro atoms. The third-order valence-electron chi connectivity index (χ3n) is 5.28. The number of ether oxygens (including phenoxy) is 1. The van der Waals surface area contributed by atoms with Crippen LogP contribution in [0.4, 0.5) is 4.79 Å². The molecule has 3 aromatic carbocycles. The van der Waals surface area contributed by atoms with Crippen LogP contribution >= 0.6 is 11.6 Å². The lowest BCUT2D eigenvalue weighted by molar-refractivity contribution is 0.0696. The number of alkyl carbamates (subject to hydrolysis) is 1. The second-order valence-corrected chi connectivity index (χ2v) is 7.52. The fraction of sp³-hybridized carbons (Fsp3) is 0.120. The van der Waals surface area contributed by atoms with Gasteiger partial charge >= 0.3 is 12.1 Å². The van der Waals surface area contributed by atoms with Crippen LogP contribution in [0.15, 0.2) is 72.8 Å². The average molecular weight is 434 g/mol. The van der Waals surface area contributed by atoms with Gasteiger partial charge in [0.2, 0.25) is 0 Å². The van der Waals surface area contributed by atoms with Crippen molar-refractivity contribution in [3.63, 3.8) is 0 Å². The van der Waals surface area contributed by atoms with Crippen LogP contribution in [-0.4, -0.2) is 30.3 Å². The van der Waals surface area contributed by atoms with E-state index in [1.54, 1.807) is 24.3 Å². The Labute approximate surface area is 184 Å². The normalized spacial score (nSPS) is 12.4. The molecule has 0 aromatic heterocycles. The van der Waals surface area contributed by atoms with Crippen LogP contribution < -0.4 is 5.32 Å². The molecular formula is C25H20ClNO4. The molecule has 31 heavy (non-hydrogen) atoms. The molecule has 0 radical (unpaired) electrons. The van der Waals surface area contributed by atoms with E-state index in [2.05, 4.69) is 29.6 Å². The molecule has 0 atom stereocenters. The fourth-order valence-electron chi connectivity index (χ4n) is 3.86. The number of nitrogens with one attached hydrogen (secondary N) is 1. The van der Waals surface area contributed by atoms with E-state index in [0.717, 1.165) is 11.1 Å². The lowest BCUT2D eigenvalue weighted by Gasteiger charge is -2.14. The minimum absolute atomic E-state index is 0.00468. The second-order valence-electron chi connectivity index (χ2n) is 7.12. The van der Waals surface area contributed by atoms with Crippen molar-refractivity contribution in [1.29, 1.82) is 0 Å². The summed E-state index contributed by atoms with van der Waals surface area (Å²) in [4.78, 5) is 23.5. The van der Waals surface area contributed by atoms with E-state index in [-0.39, 0.29) is 24.6 Å². The van der Waals surface area contributed by atoms with Crippen molar-refractivity contribution in [3.05, 3.63) is 100 Å².